The Hall–Kier alpha value is -4.43. The molecule has 0 aromatic heterocycles. The maximum atomic E-state index is 13.0. The van der Waals surface area contributed by atoms with Gasteiger partial charge in [-0.2, -0.15) is 0 Å². The molecule has 4 rings (SSSR count). The van der Waals surface area contributed by atoms with Crippen molar-refractivity contribution in [2.75, 3.05) is 13.2 Å². The third-order valence-corrected chi connectivity index (χ3v) is 8.83. The highest BCUT2D eigenvalue weighted by molar-refractivity contribution is 7.53. The summed E-state index contributed by atoms with van der Waals surface area (Å²) in [4.78, 5) is 25.2. The van der Waals surface area contributed by atoms with Crippen LogP contribution in [-0.2, 0) is 44.2 Å². The van der Waals surface area contributed by atoms with E-state index in [9.17, 15) is 19.3 Å². The smallest absolute Gasteiger partial charge is 0.335 e. The Morgan fingerprint density at radius 2 is 1.24 bits per heavy atom. The molecule has 1 atom stereocenters. The van der Waals surface area contributed by atoms with Crippen LogP contribution in [0.15, 0.2) is 103 Å². The minimum atomic E-state index is -3.30. The Balaban J connectivity index is 1.46. The van der Waals surface area contributed by atoms with Crippen LogP contribution in [0, 0.1) is 0 Å². The number of ether oxygens (including phenoxy) is 2. The zero-order chi connectivity index (χ0) is 32.1. The van der Waals surface area contributed by atoms with Gasteiger partial charge in [0.25, 0.3) is 5.91 Å². The standard InChI is InChI=1S/C35H38NO8P/c1-3-43-45(40,44-4-2)25-28-15-18-30(19-16-28)34(37)36-31(35(38)39)21-29-17-20-32(41-23-26-11-7-5-8-12-26)33(22-29)42-24-27-13-9-6-10-14-27/h5-20,22,31H,3-4,21,23-25H2,1-2H3,(H,36,37)(H,38,39)/t31-/m1/s1. The molecule has 2 N–H and O–H groups in total. The third-order valence-electron chi connectivity index (χ3n) is 6.77. The molecule has 0 aliphatic rings. The van der Waals surface area contributed by atoms with Gasteiger partial charge in [0.15, 0.2) is 11.5 Å². The molecule has 0 aliphatic heterocycles. The van der Waals surface area contributed by atoms with E-state index >= 15 is 0 Å². The van der Waals surface area contributed by atoms with Crippen molar-refractivity contribution in [3.8, 4) is 11.5 Å². The van der Waals surface area contributed by atoms with Crippen molar-refractivity contribution in [2.24, 2.45) is 0 Å². The first-order valence-electron chi connectivity index (χ1n) is 14.8. The van der Waals surface area contributed by atoms with Gasteiger partial charge in [-0.05, 0) is 60.4 Å². The van der Waals surface area contributed by atoms with E-state index < -0.39 is 25.5 Å². The SMILES string of the molecule is CCOP(=O)(Cc1ccc(C(=O)N[C@H](Cc2ccc(OCc3ccccc3)c(OCc3ccccc3)c2)C(=O)O)cc1)OCC. The van der Waals surface area contributed by atoms with Crippen molar-refractivity contribution in [3.63, 3.8) is 0 Å². The number of carbonyl (C=O) groups excluding carboxylic acids is 1. The highest BCUT2D eigenvalue weighted by Gasteiger charge is 2.25. The lowest BCUT2D eigenvalue weighted by molar-refractivity contribution is -0.139. The van der Waals surface area contributed by atoms with Gasteiger partial charge in [-0.3, -0.25) is 9.36 Å². The van der Waals surface area contributed by atoms with Gasteiger partial charge in [0.2, 0.25) is 0 Å². The Bertz CT molecular complexity index is 1570. The quantitative estimate of drug-likeness (QED) is 0.119. The number of hydrogen-bond donors (Lipinski definition) is 2. The average molecular weight is 632 g/mol. The lowest BCUT2D eigenvalue weighted by Gasteiger charge is -2.18. The van der Waals surface area contributed by atoms with E-state index in [-0.39, 0.29) is 31.4 Å². The fraction of sp³-hybridized carbons (Fsp3) is 0.257. The highest BCUT2D eigenvalue weighted by atomic mass is 31.2. The van der Waals surface area contributed by atoms with Crippen LogP contribution in [0.25, 0.3) is 0 Å². The fourth-order valence-corrected chi connectivity index (χ4v) is 6.27. The molecule has 0 bridgehead atoms. The largest absolute Gasteiger partial charge is 0.485 e. The molecule has 0 heterocycles. The Kier molecular flexibility index (Phi) is 12.3. The molecule has 0 saturated carbocycles. The average Bonchev–Trinajstić information content (AvgIpc) is 3.04. The van der Waals surface area contributed by atoms with E-state index in [1.54, 1.807) is 56.3 Å². The number of carboxylic acid groups (broad SMARTS) is 1. The van der Waals surface area contributed by atoms with Crippen molar-refractivity contribution in [2.45, 2.75) is 45.7 Å². The molecule has 0 radical (unpaired) electrons. The molecule has 0 spiro atoms. The highest BCUT2D eigenvalue weighted by Crippen LogP contribution is 2.51. The molecule has 0 unspecified atom stereocenters. The Morgan fingerprint density at radius 3 is 1.78 bits per heavy atom. The number of amides is 1. The van der Waals surface area contributed by atoms with E-state index in [1.807, 2.05) is 60.7 Å². The number of nitrogens with one attached hydrogen (secondary N) is 1. The summed E-state index contributed by atoms with van der Waals surface area (Å²) >= 11 is 0. The summed E-state index contributed by atoms with van der Waals surface area (Å²) in [6.45, 7) is 4.61. The van der Waals surface area contributed by atoms with Gasteiger partial charge in [0, 0.05) is 12.0 Å². The molecule has 45 heavy (non-hydrogen) atoms. The lowest BCUT2D eigenvalue weighted by atomic mass is 10.0. The van der Waals surface area contributed by atoms with Gasteiger partial charge in [-0.15, -0.1) is 0 Å². The fourth-order valence-electron chi connectivity index (χ4n) is 4.57. The minimum absolute atomic E-state index is 0.0196. The van der Waals surface area contributed by atoms with Crippen LogP contribution in [0.5, 0.6) is 11.5 Å². The first kappa shape index (κ1) is 33.5. The van der Waals surface area contributed by atoms with Gasteiger partial charge < -0.3 is 28.9 Å². The molecule has 4 aromatic carbocycles. The number of aliphatic carboxylic acids is 1. The summed E-state index contributed by atoms with van der Waals surface area (Å²) in [5.41, 5.74) is 3.55. The zero-order valence-corrected chi connectivity index (χ0v) is 26.3. The Morgan fingerprint density at radius 1 is 0.711 bits per heavy atom. The molecule has 9 nitrogen and oxygen atoms in total. The summed E-state index contributed by atoms with van der Waals surface area (Å²) < 4.78 is 35.7. The number of carbonyl (C=O) groups is 2. The van der Waals surface area contributed by atoms with Crippen molar-refractivity contribution in [1.29, 1.82) is 0 Å². The van der Waals surface area contributed by atoms with Crippen molar-refractivity contribution in [3.05, 3.63) is 131 Å². The second-order valence-electron chi connectivity index (χ2n) is 10.2. The zero-order valence-electron chi connectivity index (χ0n) is 25.4. The van der Waals surface area contributed by atoms with Crippen LogP contribution in [0.3, 0.4) is 0 Å². The molecule has 0 aliphatic carbocycles. The monoisotopic (exact) mass is 631 g/mol. The predicted molar refractivity (Wildman–Crippen MR) is 172 cm³/mol. The van der Waals surface area contributed by atoms with Gasteiger partial charge >= 0.3 is 13.6 Å². The van der Waals surface area contributed by atoms with Gasteiger partial charge in [-0.25, -0.2) is 4.79 Å². The van der Waals surface area contributed by atoms with Gasteiger partial charge in [0.1, 0.15) is 19.3 Å². The summed E-state index contributed by atoms with van der Waals surface area (Å²) in [7, 11) is -3.30. The van der Waals surface area contributed by atoms with Crippen LogP contribution in [-0.4, -0.2) is 36.2 Å². The van der Waals surface area contributed by atoms with Crippen LogP contribution in [0.4, 0.5) is 0 Å². The number of benzene rings is 4. The maximum Gasteiger partial charge on any atom is 0.335 e. The van der Waals surface area contributed by atoms with E-state index in [0.29, 0.717) is 35.8 Å². The maximum absolute atomic E-state index is 13.0. The number of carboxylic acids is 1. The molecule has 236 valence electrons. The summed E-state index contributed by atoms with van der Waals surface area (Å²) in [5.74, 6) is -0.733. The molecule has 4 aromatic rings. The van der Waals surface area contributed by atoms with Crippen LogP contribution >= 0.6 is 7.60 Å². The second kappa shape index (κ2) is 16.6. The van der Waals surface area contributed by atoms with Crippen LogP contribution in [0.2, 0.25) is 0 Å². The molecular formula is C35H38NO8P. The molecule has 1 amide bonds. The lowest BCUT2D eigenvalue weighted by Crippen LogP contribution is -2.42. The minimum Gasteiger partial charge on any atom is -0.485 e. The van der Waals surface area contributed by atoms with E-state index in [4.69, 9.17) is 18.5 Å². The van der Waals surface area contributed by atoms with Crippen molar-refractivity contribution < 1.29 is 37.8 Å². The van der Waals surface area contributed by atoms with E-state index in [0.717, 1.165) is 11.1 Å². The Labute approximate surface area is 263 Å². The molecule has 0 saturated heterocycles. The molecule has 10 heteroatoms. The van der Waals surface area contributed by atoms with Crippen molar-refractivity contribution >= 4 is 19.5 Å². The van der Waals surface area contributed by atoms with Gasteiger partial charge in [-0.1, -0.05) is 78.9 Å². The van der Waals surface area contributed by atoms with E-state index in [2.05, 4.69) is 5.32 Å². The van der Waals surface area contributed by atoms with Crippen molar-refractivity contribution in [1.82, 2.24) is 5.32 Å². The van der Waals surface area contributed by atoms with E-state index in [1.165, 1.54) is 0 Å². The van der Waals surface area contributed by atoms with Gasteiger partial charge in [0.05, 0.1) is 19.4 Å². The first-order valence-corrected chi connectivity index (χ1v) is 16.5. The predicted octanol–water partition coefficient (Wildman–Crippen LogP) is 7.04. The third kappa shape index (κ3) is 10.3. The molecular weight excluding hydrogens is 593 g/mol. The van der Waals surface area contributed by atoms with Crippen LogP contribution < -0.4 is 14.8 Å². The topological polar surface area (TPSA) is 120 Å². The number of rotatable bonds is 17. The first-order chi connectivity index (χ1) is 21.8. The summed E-state index contributed by atoms with van der Waals surface area (Å²) in [6.07, 6.45) is 0.0831. The summed E-state index contributed by atoms with van der Waals surface area (Å²) in [5, 5.41) is 12.6. The second-order valence-corrected chi connectivity index (χ2v) is 12.3. The number of hydrogen-bond acceptors (Lipinski definition) is 7. The molecule has 0 fully saturated rings. The van der Waals surface area contributed by atoms with Crippen LogP contribution in [0.1, 0.15) is 46.5 Å². The normalized spacial score (nSPS) is 11.9. The summed E-state index contributed by atoms with van der Waals surface area (Å²) in [6, 6.07) is 29.9.